The molecule has 3 rings (SSSR count). The van der Waals surface area contributed by atoms with Crippen molar-refractivity contribution in [2.45, 2.75) is 44.6 Å². The van der Waals surface area contributed by atoms with Gasteiger partial charge in [-0.1, -0.05) is 33.2 Å². The summed E-state index contributed by atoms with van der Waals surface area (Å²) in [4.78, 5) is 14.7. The number of hydrogen-bond acceptors (Lipinski definition) is 3. The molecule has 0 bridgehead atoms. The van der Waals surface area contributed by atoms with Gasteiger partial charge in [-0.2, -0.15) is 0 Å². The van der Waals surface area contributed by atoms with Gasteiger partial charge in [0.15, 0.2) is 0 Å². The van der Waals surface area contributed by atoms with Gasteiger partial charge >= 0.3 is 0 Å². The number of aromatic nitrogens is 1. The molecular weight excluding hydrogens is 356 g/mol. The first kappa shape index (κ1) is 16.2. The highest BCUT2D eigenvalue weighted by Gasteiger charge is 2.26. The Morgan fingerprint density at radius 3 is 3.04 bits per heavy atom. The van der Waals surface area contributed by atoms with Crippen LogP contribution in [0.4, 0.5) is 0 Å². The molecule has 1 unspecified atom stereocenters. The second-order valence-corrected chi connectivity index (χ2v) is 6.98. The molecule has 4 nitrogen and oxygen atoms in total. The zero-order chi connectivity index (χ0) is 16.1. The normalized spacial score (nSPS) is 18.1. The van der Waals surface area contributed by atoms with Crippen LogP contribution in [0.15, 0.2) is 45.6 Å². The molecule has 122 valence electrons. The highest BCUT2D eigenvalue weighted by molar-refractivity contribution is 9.10. The summed E-state index contributed by atoms with van der Waals surface area (Å²) >= 11 is 3.52. The molecule has 1 aromatic carbocycles. The minimum atomic E-state index is 0.229. The SMILES string of the molecule is O=C(CCc1ccon1)N1CCCCC1Cc1cccc(Br)c1. The number of piperidine rings is 1. The van der Waals surface area contributed by atoms with Crippen LogP contribution in [0.25, 0.3) is 0 Å². The lowest BCUT2D eigenvalue weighted by atomic mass is 9.95. The quantitative estimate of drug-likeness (QED) is 0.792. The summed E-state index contributed by atoms with van der Waals surface area (Å²) in [6.07, 6.45) is 7.02. The lowest BCUT2D eigenvalue weighted by Gasteiger charge is -2.36. The number of halogens is 1. The van der Waals surface area contributed by atoms with Crippen LogP contribution >= 0.6 is 15.9 Å². The van der Waals surface area contributed by atoms with E-state index in [1.165, 1.54) is 12.0 Å². The van der Waals surface area contributed by atoms with E-state index in [2.05, 4.69) is 44.2 Å². The van der Waals surface area contributed by atoms with Crippen LogP contribution in [0, 0.1) is 0 Å². The second-order valence-electron chi connectivity index (χ2n) is 6.06. The van der Waals surface area contributed by atoms with E-state index in [0.29, 0.717) is 18.9 Å². The summed E-state index contributed by atoms with van der Waals surface area (Å²) in [6.45, 7) is 0.871. The molecule has 1 aliphatic heterocycles. The fourth-order valence-electron chi connectivity index (χ4n) is 3.22. The Hall–Kier alpha value is -1.62. The van der Waals surface area contributed by atoms with Crippen LogP contribution in [-0.2, 0) is 17.6 Å². The van der Waals surface area contributed by atoms with E-state index in [-0.39, 0.29) is 5.91 Å². The van der Waals surface area contributed by atoms with Gasteiger partial charge in [0.05, 0.1) is 5.69 Å². The van der Waals surface area contributed by atoms with E-state index in [1.54, 1.807) is 6.26 Å². The van der Waals surface area contributed by atoms with Crippen molar-refractivity contribution in [3.05, 3.63) is 52.3 Å². The Bertz CT molecular complexity index is 642. The van der Waals surface area contributed by atoms with Gasteiger partial charge in [0.25, 0.3) is 0 Å². The third-order valence-electron chi connectivity index (χ3n) is 4.39. The molecular formula is C18H21BrN2O2. The van der Waals surface area contributed by atoms with Crippen molar-refractivity contribution in [2.75, 3.05) is 6.54 Å². The van der Waals surface area contributed by atoms with Gasteiger partial charge in [-0.15, -0.1) is 0 Å². The molecule has 1 amide bonds. The lowest BCUT2D eigenvalue weighted by molar-refractivity contribution is -0.134. The monoisotopic (exact) mass is 376 g/mol. The number of aryl methyl sites for hydroxylation is 1. The van der Waals surface area contributed by atoms with Crippen LogP contribution < -0.4 is 0 Å². The minimum Gasteiger partial charge on any atom is -0.365 e. The molecule has 1 fully saturated rings. The summed E-state index contributed by atoms with van der Waals surface area (Å²) < 4.78 is 5.92. The maximum atomic E-state index is 12.6. The number of amides is 1. The third-order valence-corrected chi connectivity index (χ3v) is 4.89. The molecule has 1 atom stereocenters. The van der Waals surface area contributed by atoms with Crippen LogP contribution in [0.2, 0.25) is 0 Å². The Labute approximate surface area is 145 Å². The van der Waals surface area contributed by atoms with E-state index in [0.717, 1.165) is 36.0 Å². The van der Waals surface area contributed by atoms with Gasteiger partial charge in [0.2, 0.25) is 5.91 Å². The van der Waals surface area contributed by atoms with E-state index < -0.39 is 0 Å². The number of carbonyl (C=O) groups excluding carboxylic acids is 1. The molecule has 0 radical (unpaired) electrons. The number of rotatable bonds is 5. The highest BCUT2D eigenvalue weighted by atomic mass is 79.9. The number of carbonyl (C=O) groups is 1. The Kier molecular flexibility index (Phi) is 5.49. The summed E-state index contributed by atoms with van der Waals surface area (Å²) in [6, 6.07) is 10.5. The molecule has 0 N–H and O–H groups in total. The van der Waals surface area contributed by atoms with Gasteiger partial charge in [0.1, 0.15) is 6.26 Å². The topological polar surface area (TPSA) is 46.3 Å². The molecule has 1 aliphatic rings. The van der Waals surface area contributed by atoms with Gasteiger partial charge in [-0.05, 0) is 43.4 Å². The average molecular weight is 377 g/mol. The molecule has 0 saturated carbocycles. The molecule has 23 heavy (non-hydrogen) atoms. The van der Waals surface area contributed by atoms with Gasteiger partial charge < -0.3 is 9.42 Å². The van der Waals surface area contributed by atoms with Crippen molar-refractivity contribution in [3.8, 4) is 0 Å². The zero-order valence-electron chi connectivity index (χ0n) is 13.1. The molecule has 0 spiro atoms. The minimum absolute atomic E-state index is 0.229. The molecule has 1 saturated heterocycles. The fourth-order valence-corrected chi connectivity index (χ4v) is 3.67. The number of benzene rings is 1. The standard InChI is InChI=1S/C18H21BrN2O2/c19-15-5-3-4-14(12-15)13-17-6-1-2-10-21(17)18(22)8-7-16-9-11-23-20-16/h3-5,9,11-12,17H,1-2,6-8,10,13H2. The number of likely N-dealkylation sites (tertiary alicyclic amines) is 1. The molecule has 5 heteroatoms. The zero-order valence-corrected chi connectivity index (χ0v) is 14.7. The maximum Gasteiger partial charge on any atom is 0.223 e. The molecule has 2 heterocycles. The molecule has 1 aromatic heterocycles. The van der Waals surface area contributed by atoms with Crippen LogP contribution in [0.5, 0.6) is 0 Å². The van der Waals surface area contributed by atoms with Crippen molar-refractivity contribution in [1.29, 1.82) is 0 Å². The first-order chi connectivity index (χ1) is 11.2. The number of hydrogen-bond donors (Lipinski definition) is 0. The van der Waals surface area contributed by atoms with Crippen molar-refractivity contribution < 1.29 is 9.32 Å². The van der Waals surface area contributed by atoms with Crippen LogP contribution in [0.1, 0.15) is 36.9 Å². The van der Waals surface area contributed by atoms with Crippen molar-refractivity contribution in [2.24, 2.45) is 0 Å². The van der Waals surface area contributed by atoms with Gasteiger partial charge in [-0.25, -0.2) is 0 Å². The van der Waals surface area contributed by atoms with Crippen LogP contribution in [0.3, 0.4) is 0 Å². The second kappa shape index (κ2) is 7.77. The summed E-state index contributed by atoms with van der Waals surface area (Å²) in [5.74, 6) is 0.229. The number of nitrogens with zero attached hydrogens (tertiary/aromatic N) is 2. The van der Waals surface area contributed by atoms with E-state index in [1.807, 2.05) is 12.1 Å². The Morgan fingerprint density at radius 1 is 1.35 bits per heavy atom. The lowest BCUT2D eigenvalue weighted by Crippen LogP contribution is -2.45. The summed E-state index contributed by atoms with van der Waals surface area (Å²) in [5.41, 5.74) is 2.12. The van der Waals surface area contributed by atoms with Crippen molar-refractivity contribution in [3.63, 3.8) is 0 Å². The third kappa shape index (κ3) is 4.44. The van der Waals surface area contributed by atoms with Gasteiger partial charge in [0, 0.05) is 36.0 Å². The highest BCUT2D eigenvalue weighted by Crippen LogP contribution is 2.23. The molecule has 2 aromatic rings. The largest absolute Gasteiger partial charge is 0.365 e. The van der Waals surface area contributed by atoms with E-state index >= 15 is 0 Å². The average Bonchev–Trinajstić information content (AvgIpc) is 3.07. The summed E-state index contributed by atoms with van der Waals surface area (Å²) in [7, 11) is 0. The predicted octanol–water partition coefficient (Wildman–Crippen LogP) is 3.99. The van der Waals surface area contributed by atoms with E-state index in [4.69, 9.17) is 4.52 Å². The smallest absolute Gasteiger partial charge is 0.223 e. The fraction of sp³-hybridized carbons (Fsp3) is 0.444. The Morgan fingerprint density at radius 2 is 2.26 bits per heavy atom. The summed E-state index contributed by atoms with van der Waals surface area (Å²) in [5, 5.41) is 3.88. The van der Waals surface area contributed by atoms with Gasteiger partial charge in [-0.3, -0.25) is 4.79 Å². The van der Waals surface area contributed by atoms with Crippen molar-refractivity contribution in [1.82, 2.24) is 10.1 Å². The molecule has 0 aliphatic carbocycles. The predicted molar refractivity (Wildman–Crippen MR) is 92.0 cm³/mol. The maximum absolute atomic E-state index is 12.6. The van der Waals surface area contributed by atoms with E-state index in [9.17, 15) is 4.79 Å². The van der Waals surface area contributed by atoms with Crippen LogP contribution in [-0.4, -0.2) is 28.6 Å². The first-order valence-corrected chi connectivity index (χ1v) is 8.95. The van der Waals surface area contributed by atoms with Crippen molar-refractivity contribution >= 4 is 21.8 Å². The first-order valence-electron chi connectivity index (χ1n) is 8.15. The Balaban J connectivity index is 1.62.